The highest BCUT2D eigenvalue weighted by molar-refractivity contribution is 5.98. The Balaban J connectivity index is 1.74. The number of carbonyl (C=O) groups excluding carboxylic acids is 1. The van der Waals surface area contributed by atoms with E-state index in [-0.39, 0.29) is 5.91 Å². The average Bonchev–Trinajstić information content (AvgIpc) is 3.09. The lowest BCUT2D eigenvalue weighted by Gasteiger charge is -2.17. The molecule has 28 heavy (non-hydrogen) atoms. The first-order chi connectivity index (χ1) is 13.5. The van der Waals surface area contributed by atoms with Gasteiger partial charge in [0.15, 0.2) is 0 Å². The van der Waals surface area contributed by atoms with Gasteiger partial charge in [-0.05, 0) is 25.2 Å². The molecule has 0 aliphatic heterocycles. The van der Waals surface area contributed by atoms with Crippen LogP contribution >= 0.6 is 0 Å². The lowest BCUT2D eigenvalue weighted by molar-refractivity contribution is -0.116. The van der Waals surface area contributed by atoms with E-state index < -0.39 is 12.0 Å². The zero-order chi connectivity index (χ0) is 19.9. The molecule has 0 aliphatic rings. The third kappa shape index (κ3) is 5.28. The fourth-order valence-corrected chi connectivity index (χ4v) is 3.22. The minimum absolute atomic E-state index is 0.120. The summed E-state index contributed by atoms with van der Waals surface area (Å²) in [7, 11) is 3.82. The Morgan fingerprint density at radius 1 is 1.07 bits per heavy atom. The van der Waals surface area contributed by atoms with Crippen LogP contribution in [-0.2, 0) is 11.3 Å². The van der Waals surface area contributed by atoms with Crippen molar-refractivity contribution in [1.82, 2.24) is 14.7 Å². The Kier molecular flexibility index (Phi) is 6.57. The van der Waals surface area contributed by atoms with Crippen molar-refractivity contribution in [2.24, 2.45) is 0 Å². The normalized spacial score (nSPS) is 12.3. The number of hydrogen-bond acceptors (Lipinski definition) is 4. The number of rotatable bonds is 8. The molecule has 1 amide bonds. The summed E-state index contributed by atoms with van der Waals surface area (Å²) in [5.74, 6) is -0.532. The number of nitrogens with one attached hydrogen (secondary N) is 1. The van der Waals surface area contributed by atoms with Crippen LogP contribution in [0.3, 0.4) is 0 Å². The number of amides is 1. The summed E-state index contributed by atoms with van der Waals surface area (Å²) < 4.78 is 1.64. The maximum absolute atomic E-state index is 13.1. The van der Waals surface area contributed by atoms with Crippen LogP contribution in [0.5, 0.6) is 0 Å². The monoisotopic (exact) mass is 378 g/mol. The van der Waals surface area contributed by atoms with Crippen LogP contribution in [0.2, 0.25) is 0 Å². The minimum Gasteiger partial charge on any atom is -0.390 e. The first-order valence-corrected chi connectivity index (χ1v) is 9.29. The molecule has 3 aromatic rings. The second-order valence-corrected chi connectivity index (χ2v) is 7.11. The van der Waals surface area contributed by atoms with E-state index in [1.54, 1.807) is 17.1 Å². The van der Waals surface area contributed by atoms with E-state index >= 15 is 0 Å². The predicted octanol–water partition coefficient (Wildman–Crippen LogP) is 2.58. The van der Waals surface area contributed by atoms with Crippen molar-refractivity contribution in [3.63, 3.8) is 0 Å². The third-order valence-corrected chi connectivity index (χ3v) is 4.40. The lowest BCUT2D eigenvalue weighted by Crippen LogP contribution is -2.29. The smallest absolute Gasteiger partial charge is 0.236 e. The second kappa shape index (κ2) is 9.30. The highest BCUT2D eigenvalue weighted by Gasteiger charge is 2.23. The van der Waals surface area contributed by atoms with Gasteiger partial charge >= 0.3 is 0 Å². The summed E-state index contributed by atoms with van der Waals surface area (Å²) in [4.78, 5) is 15.0. The van der Waals surface area contributed by atoms with Crippen molar-refractivity contribution in [2.75, 3.05) is 26.0 Å². The van der Waals surface area contributed by atoms with Crippen molar-refractivity contribution in [3.05, 3.63) is 84.2 Å². The SMILES string of the molecule is CN(C)C[C@H](O)Cn1cc(NC(=O)C(c2ccccc2)c2ccccc2)cn1. The summed E-state index contributed by atoms with van der Waals surface area (Å²) in [5, 5.41) is 17.3. The van der Waals surface area contributed by atoms with E-state index in [4.69, 9.17) is 0 Å². The molecule has 0 radical (unpaired) electrons. The fourth-order valence-electron chi connectivity index (χ4n) is 3.22. The van der Waals surface area contributed by atoms with Gasteiger partial charge in [-0.3, -0.25) is 9.48 Å². The van der Waals surface area contributed by atoms with Crippen molar-refractivity contribution in [3.8, 4) is 0 Å². The van der Waals surface area contributed by atoms with Crippen LogP contribution < -0.4 is 5.32 Å². The van der Waals surface area contributed by atoms with Gasteiger partial charge in [-0.25, -0.2) is 0 Å². The number of aliphatic hydroxyl groups is 1. The molecule has 0 fully saturated rings. The van der Waals surface area contributed by atoms with E-state index in [1.165, 1.54) is 0 Å². The summed E-state index contributed by atoms with van der Waals surface area (Å²) in [6.07, 6.45) is 2.82. The van der Waals surface area contributed by atoms with Crippen LogP contribution in [0, 0.1) is 0 Å². The number of nitrogens with zero attached hydrogens (tertiary/aromatic N) is 3. The van der Waals surface area contributed by atoms with Gasteiger partial charge in [-0.1, -0.05) is 60.7 Å². The molecule has 1 heterocycles. The Morgan fingerprint density at radius 2 is 1.64 bits per heavy atom. The number of hydrogen-bond donors (Lipinski definition) is 2. The number of benzene rings is 2. The third-order valence-electron chi connectivity index (χ3n) is 4.40. The van der Waals surface area contributed by atoms with Gasteiger partial charge in [-0.15, -0.1) is 0 Å². The molecule has 146 valence electrons. The van der Waals surface area contributed by atoms with Crippen LogP contribution in [-0.4, -0.2) is 52.4 Å². The number of likely N-dealkylation sites (N-methyl/N-ethyl adjacent to an activating group) is 1. The number of aromatic nitrogens is 2. The van der Waals surface area contributed by atoms with Gasteiger partial charge in [-0.2, -0.15) is 5.10 Å². The van der Waals surface area contributed by atoms with E-state index in [9.17, 15) is 9.90 Å². The van der Waals surface area contributed by atoms with E-state index in [0.717, 1.165) is 11.1 Å². The van der Waals surface area contributed by atoms with E-state index in [0.29, 0.717) is 18.8 Å². The molecule has 1 aromatic heterocycles. The second-order valence-electron chi connectivity index (χ2n) is 7.11. The molecule has 0 unspecified atom stereocenters. The van der Waals surface area contributed by atoms with Gasteiger partial charge in [0.2, 0.25) is 5.91 Å². The summed E-state index contributed by atoms with van der Waals surface area (Å²) in [5.41, 5.74) is 2.47. The highest BCUT2D eigenvalue weighted by atomic mass is 16.3. The summed E-state index contributed by atoms with van der Waals surface area (Å²) in [6, 6.07) is 19.4. The Hall–Kier alpha value is -2.96. The number of carbonyl (C=O) groups is 1. The molecule has 2 N–H and O–H groups in total. The lowest BCUT2D eigenvalue weighted by atomic mass is 9.90. The van der Waals surface area contributed by atoms with Crippen molar-refractivity contribution < 1.29 is 9.90 Å². The maximum atomic E-state index is 13.1. The fraction of sp³-hybridized carbons (Fsp3) is 0.273. The molecule has 0 saturated heterocycles. The summed E-state index contributed by atoms with van der Waals surface area (Å²) in [6.45, 7) is 0.917. The quantitative estimate of drug-likeness (QED) is 0.632. The highest BCUT2D eigenvalue weighted by Crippen LogP contribution is 2.26. The van der Waals surface area contributed by atoms with Gasteiger partial charge in [0, 0.05) is 12.7 Å². The maximum Gasteiger partial charge on any atom is 0.236 e. The zero-order valence-electron chi connectivity index (χ0n) is 16.2. The van der Waals surface area contributed by atoms with Gasteiger partial charge in [0.05, 0.1) is 30.5 Å². The summed E-state index contributed by atoms with van der Waals surface area (Å²) >= 11 is 0. The molecule has 1 atom stereocenters. The molecule has 6 heteroatoms. The van der Waals surface area contributed by atoms with Crippen molar-refractivity contribution in [1.29, 1.82) is 0 Å². The predicted molar refractivity (Wildman–Crippen MR) is 110 cm³/mol. The standard InChI is InChI=1S/C22H26N4O2/c1-25(2)15-20(27)16-26-14-19(13-23-26)24-22(28)21(17-9-5-3-6-10-17)18-11-7-4-8-12-18/h3-14,20-21,27H,15-16H2,1-2H3,(H,24,28)/t20-/m0/s1. The van der Waals surface area contributed by atoms with Crippen LogP contribution in [0.15, 0.2) is 73.1 Å². The Bertz CT molecular complexity index is 838. The van der Waals surface area contributed by atoms with Crippen molar-refractivity contribution in [2.45, 2.75) is 18.6 Å². The molecule has 0 spiro atoms. The number of anilines is 1. The molecular weight excluding hydrogens is 352 g/mol. The Labute approximate surface area is 165 Å². The molecule has 6 nitrogen and oxygen atoms in total. The average molecular weight is 378 g/mol. The molecule has 2 aromatic carbocycles. The molecule has 0 aliphatic carbocycles. The van der Waals surface area contributed by atoms with E-state index in [2.05, 4.69) is 10.4 Å². The minimum atomic E-state index is -0.528. The van der Waals surface area contributed by atoms with Gasteiger partial charge in [0.1, 0.15) is 0 Å². The molecule has 0 saturated carbocycles. The zero-order valence-corrected chi connectivity index (χ0v) is 16.2. The van der Waals surface area contributed by atoms with Crippen LogP contribution in [0.1, 0.15) is 17.0 Å². The Morgan fingerprint density at radius 3 is 2.18 bits per heavy atom. The molecular formula is C22H26N4O2. The van der Waals surface area contributed by atoms with Crippen LogP contribution in [0.4, 0.5) is 5.69 Å². The first-order valence-electron chi connectivity index (χ1n) is 9.29. The van der Waals surface area contributed by atoms with Gasteiger partial charge in [0.25, 0.3) is 0 Å². The number of aliphatic hydroxyl groups excluding tert-OH is 1. The first kappa shape index (κ1) is 19.8. The van der Waals surface area contributed by atoms with Crippen LogP contribution in [0.25, 0.3) is 0 Å². The topological polar surface area (TPSA) is 70.4 Å². The molecule has 3 rings (SSSR count). The van der Waals surface area contributed by atoms with E-state index in [1.807, 2.05) is 79.7 Å². The van der Waals surface area contributed by atoms with Gasteiger partial charge < -0.3 is 15.3 Å². The molecule has 0 bridgehead atoms. The van der Waals surface area contributed by atoms with Crippen molar-refractivity contribution >= 4 is 11.6 Å². The largest absolute Gasteiger partial charge is 0.390 e.